The molecule has 0 aliphatic carbocycles. The van der Waals surface area contributed by atoms with Crippen LogP contribution in [0, 0.1) is 10.1 Å². The van der Waals surface area contributed by atoms with Crippen LogP contribution in [-0.2, 0) is 9.84 Å². The average molecular weight is 283 g/mol. The van der Waals surface area contributed by atoms with Gasteiger partial charge in [-0.25, -0.2) is 8.42 Å². The van der Waals surface area contributed by atoms with Crippen LogP contribution in [0.15, 0.2) is 46.3 Å². The fraction of sp³-hybridized carbons (Fsp3) is 0.385. The summed E-state index contributed by atoms with van der Waals surface area (Å²) in [5.41, 5.74) is -0.252. The lowest BCUT2D eigenvalue weighted by atomic mass is 10.2. The number of rotatable bonds is 7. The number of nitrogens with zero attached hydrogens (tertiary/aromatic N) is 1. The van der Waals surface area contributed by atoms with E-state index in [9.17, 15) is 18.5 Å². The molecule has 0 radical (unpaired) electrons. The van der Waals surface area contributed by atoms with Crippen LogP contribution in [0.3, 0.4) is 0 Å². The largest absolute Gasteiger partial charge is 0.259 e. The summed E-state index contributed by atoms with van der Waals surface area (Å²) in [5.74, 6) is 0. The molecule has 6 heteroatoms. The van der Waals surface area contributed by atoms with Gasteiger partial charge in [0.05, 0.1) is 9.82 Å². The number of unbranched alkanes of at least 4 members (excludes halogenated alkanes) is 2. The summed E-state index contributed by atoms with van der Waals surface area (Å²) < 4.78 is 24.0. The normalized spacial score (nSPS) is 12.4. The monoisotopic (exact) mass is 283 g/mol. The SMILES string of the molecule is CCCCC/C(=C\S(=O)(=O)c1ccccc1)[N+](=O)[O-]. The van der Waals surface area contributed by atoms with Gasteiger partial charge in [0.15, 0.2) is 0 Å². The molecule has 0 fully saturated rings. The van der Waals surface area contributed by atoms with E-state index in [-0.39, 0.29) is 17.0 Å². The highest BCUT2D eigenvalue weighted by molar-refractivity contribution is 7.94. The Morgan fingerprint density at radius 1 is 1.26 bits per heavy atom. The van der Waals surface area contributed by atoms with Gasteiger partial charge in [-0.05, 0) is 18.6 Å². The minimum Gasteiger partial charge on any atom is -0.259 e. The second-order valence-corrected chi connectivity index (χ2v) is 5.98. The van der Waals surface area contributed by atoms with E-state index in [0.717, 1.165) is 18.2 Å². The third-order valence-corrected chi connectivity index (χ3v) is 4.15. The third-order valence-electron chi connectivity index (χ3n) is 2.63. The van der Waals surface area contributed by atoms with Crippen molar-refractivity contribution in [3.63, 3.8) is 0 Å². The predicted molar refractivity (Wildman–Crippen MR) is 72.8 cm³/mol. The van der Waals surface area contributed by atoms with Crippen molar-refractivity contribution < 1.29 is 13.3 Å². The molecule has 0 aliphatic heterocycles. The van der Waals surface area contributed by atoms with Crippen molar-refractivity contribution in [3.05, 3.63) is 51.6 Å². The molecule has 0 unspecified atom stereocenters. The van der Waals surface area contributed by atoms with Gasteiger partial charge in [0.25, 0.3) is 5.70 Å². The molecule has 1 aromatic carbocycles. The summed E-state index contributed by atoms with van der Waals surface area (Å²) in [7, 11) is -3.75. The Morgan fingerprint density at radius 3 is 2.42 bits per heavy atom. The lowest BCUT2D eigenvalue weighted by molar-refractivity contribution is -0.427. The van der Waals surface area contributed by atoms with Gasteiger partial charge in [0.1, 0.15) is 5.41 Å². The van der Waals surface area contributed by atoms with Gasteiger partial charge < -0.3 is 0 Å². The number of hydrogen-bond donors (Lipinski definition) is 0. The summed E-state index contributed by atoms with van der Waals surface area (Å²) in [5, 5.41) is 11.7. The second-order valence-electron chi connectivity index (χ2n) is 4.18. The zero-order valence-corrected chi connectivity index (χ0v) is 11.6. The highest BCUT2D eigenvalue weighted by atomic mass is 32.2. The fourth-order valence-electron chi connectivity index (χ4n) is 1.61. The molecule has 0 saturated carbocycles. The minimum atomic E-state index is -3.75. The number of sulfone groups is 1. The van der Waals surface area contributed by atoms with Crippen molar-refractivity contribution in [1.29, 1.82) is 0 Å². The summed E-state index contributed by atoms with van der Waals surface area (Å²) in [4.78, 5) is 10.3. The number of benzene rings is 1. The Bertz CT molecular complexity index is 549. The zero-order valence-electron chi connectivity index (χ0n) is 10.8. The van der Waals surface area contributed by atoms with Gasteiger partial charge in [-0.15, -0.1) is 0 Å². The van der Waals surface area contributed by atoms with Crippen molar-refractivity contribution in [2.75, 3.05) is 0 Å². The van der Waals surface area contributed by atoms with E-state index in [1.165, 1.54) is 12.1 Å². The first kappa shape index (κ1) is 15.4. The van der Waals surface area contributed by atoms with Crippen LogP contribution in [0.2, 0.25) is 0 Å². The molecule has 0 aromatic heterocycles. The van der Waals surface area contributed by atoms with E-state index in [2.05, 4.69) is 0 Å². The molecule has 0 aliphatic rings. The van der Waals surface area contributed by atoms with E-state index in [1.54, 1.807) is 18.2 Å². The lowest BCUT2D eigenvalue weighted by Crippen LogP contribution is -2.04. The maximum absolute atomic E-state index is 12.0. The first-order valence-corrected chi connectivity index (χ1v) is 7.67. The number of allylic oxidation sites excluding steroid dienone is 1. The molecule has 0 amide bonds. The summed E-state index contributed by atoms with van der Waals surface area (Å²) in [6.45, 7) is 1.98. The molecular formula is C13H17NO4S. The van der Waals surface area contributed by atoms with Crippen LogP contribution in [0.5, 0.6) is 0 Å². The number of hydrogen-bond acceptors (Lipinski definition) is 4. The van der Waals surface area contributed by atoms with Crippen LogP contribution in [0.25, 0.3) is 0 Å². The molecule has 0 spiro atoms. The Hall–Kier alpha value is -1.69. The van der Waals surface area contributed by atoms with E-state index >= 15 is 0 Å². The van der Waals surface area contributed by atoms with E-state index in [4.69, 9.17) is 0 Å². The second kappa shape index (κ2) is 7.04. The topological polar surface area (TPSA) is 77.3 Å². The Balaban J connectivity index is 2.98. The summed E-state index contributed by atoms with van der Waals surface area (Å²) in [6.07, 6.45) is 2.56. The van der Waals surface area contributed by atoms with Gasteiger partial charge in [-0.3, -0.25) is 10.1 Å². The molecule has 19 heavy (non-hydrogen) atoms. The van der Waals surface area contributed by atoms with Crippen molar-refractivity contribution in [2.24, 2.45) is 0 Å². The Kier molecular flexibility index (Phi) is 5.69. The van der Waals surface area contributed by atoms with Gasteiger partial charge in [0.2, 0.25) is 9.84 Å². The van der Waals surface area contributed by atoms with Gasteiger partial charge in [-0.1, -0.05) is 38.0 Å². The van der Waals surface area contributed by atoms with Crippen molar-refractivity contribution >= 4 is 9.84 Å². The third kappa shape index (κ3) is 4.82. The van der Waals surface area contributed by atoms with Gasteiger partial charge >= 0.3 is 0 Å². The molecule has 0 heterocycles. The standard InChI is InChI=1S/C13H17NO4S/c1-2-3-5-8-12(14(15)16)11-19(17,18)13-9-6-4-7-10-13/h4,6-7,9-11H,2-3,5,8H2,1H3/b12-11+. The molecule has 0 saturated heterocycles. The number of nitro groups is 1. The molecule has 5 nitrogen and oxygen atoms in total. The predicted octanol–water partition coefficient (Wildman–Crippen LogP) is 3.16. The van der Waals surface area contributed by atoms with Gasteiger partial charge in [-0.2, -0.15) is 0 Å². The average Bonchev–Trinajstić information content (AvgIpc) is 2.38. The molecule has 1 rings (SSSR count). The maximum Gasteiger partial charge on any atom is 0.257 e. The zero-order chi connectivity index (χ0) is 14.3. The van der Waals surface area contributed by atoms with E-state index in [1.807, 2.05) is 6.92 Å². The first-order valence-electron chi connectivity index (χ1n) is 6.12. The summed E-state index contributed by atoms with van der Waals surface area (Å²) >= 11 is 0. The molecule has 104 valence electrons. The van der Waals surface area contributed by atoms with E-state index in [0.29, 0.717) is 6.42 Å². The van der Waals surface area contributed by atoms with Crippen LogP contribution in [0.4, 0.5) is 0 Å². The Labute approximate surface area is 113 Å². The quantitative estimate of drug-likeness (QED) is 0.437. The van der Waals surface area contributed by atoms with Crippen molar-refractivity contribution in [3.8, 4) is 0 Å². The lowest BCUT2D eigenvalue weighted by Gasteiger charge is -2.01. The molecule has 0 bridgehead atoms. The van der Waals surface area contributed by atoms with Crippen molar-refractivity contribution in [1.82, 2.24) is 0 Å². The maximum atomic E-state index is 12.0. The first-order chi connectivity index (χ1) is 8.97. The minimum absolute atomic E-state index is 0.0739. The molecule has 0 atom stereocenters. The Morgan fingerprint density at radius 2 is 1.89 bits per heavy atom. The van der Waals surface area contributed by atoms with Crippen LogP contribution >= 0.6 is 0 Å². The fourth-order valence-corrected chi connectivity index (χ4v) is 2.84. The highest BCUT2D eigenvalue weighted by Gasteiger charge is 2.18. The van der Waals surface area contributed by atoms with Crippen LogP contribution in [0.1, 0.15) is 32.6 Å². The molecular weight excluding hydrogens is 266 g/mol. The highest BCUT2D eigenvalue weighted by Crippen LogP contribution is 2.17. The van der Waals surface area contributed by atoms with Crippen LogP contribution < -0.4 is 0 Å². The van der Waals surface area contributed by atoms with Crippen molar-refractivity contribution in [2.45, 2.75) is 37.5 Å². The van der Waals surface area contributed by atoms with Gasteiger partial charge in [0, 0.05) is 6.42 Å². The smallest absolute Gasteiger partial charge is 0.257 e. The summed E-state index contributed by atoms with van der Waals surface area (Å²) in [6, 6.07) is 7.72. The van der Waals surface area contributed by atoms with E-state index < -0.39 is 14.8 Å². The molecule has 0 N–H and O–H groups in total. The van der Waals surface area contributed by atoms with Crippen LogP contribution in [-0.4, -0.2) is 13.3 Å². The molecule has 1 aromatic rings.